The second-order valence-corrected chi connectivity index (χ2v) is 9.23. The molecule has 8 atom stereocenters. The fraction of sp³-hybridized carbons (Fsp3) is 1.00. The van der Waals surface area contributed by atoms with Crippen molar-refractivity contribution in [2.75, 3.05) is 0 Å². The average molecular weight is 372 g/mol. The normalized spacial score (nSPS) is 40.5. The summed E-state index contributed by atoms with van der Waals surface area (Å²) < 4.78 is 6.11. The summed E-state index contributed by atoms with van der Waals surface area (Å²) in [4.78, 5) is 1.92. The fourth-order valence-corrected chi connectivity index (χ4v) is 5.24. The molecular formula is C21H41NO4. The number of likely N-dealkylation sites (tertiary alicyclic amines) is 1. The van der Waals surface area contributed by atoms with Crippen molar-refractivity contribution in [3.8, 4) is 0 Å². The minimum atomic E-state index is -0.633. The van der Waals surface area contributed by atoms with Gasteiger partial charge in [-0.05, 0) is 44.4 Å². The van der Waals surface area contributed by atoms with Crippen LogP contribution in [-0.4, -0.2) is 57.0 Å². The molecule has 0 aromatic rings. The van der Waals surface area contributed by atoms with Gasteiger partial charge in [-0.2, -0.15) is 0 Å². The maximum Gasteiger partial charge on any atom is 0.113 e. The molecule has 5 heteroatoms. The van der Waals surface area contributed by atoms with Crippen LogP contribution in [0, 0.1) is 23.7 Å². The van der Waals surface area contributed by atoms with E-state index in [4.69, 9.17) is 4.74 Å². The summed E-state index contributed by atoms with van der Waals surface area (Å²) in [6.45, 7) is 12.7. The Morgan fingerprint density at radius 1 is 0.923 bits per heavy atom. The van der Waals surface area contributed by atoms with Crippen LogP contribution in [0.5, 0.6) is 0 Å². The maximum absolute atomic E-state index is 11.0. The topological polar surface area (TPSA) is 73.2 Å². The highest BCUT2D eigenvalue weighted by atomic mass is 16.5. The maximum atomic E-state index is 11.0. The second-order valence-electron chi connectivity index (χ2n) is 9.23. The van der Waals surface area contributed by atoms with Crippen molar-refractivity contribution in [3.63, 3.8) is 0 Å². The van der Waals surface area contributed by atoms with Gasteiger partial charge in [-0.3, -0.25) is 0 Å². The molecule has 0 radical (unpaired) electrons. The highest BCUT2D eigenvalue weighted by Crippen LogP contribution is 2.45. The number of hydrogen-bond acceptors (Lipinski definition) is 5. The molecule has 154 valence electrons. The minimum Gasteiger partial charge on any atom is -0.390 e. The predicted molar refractivity (Wildman–Crippen MR) is 103 cm³/mol. The SMILES string of the molecule is CCCC(C)OC1CC(N2C(O)C(C(C)C)C(C(C)C)C2O)CCC1O. The molecule has 1 saturated carbocycles. The van der Waals surface area contributed by atoms with Gasteiger partial charge in [0.05, 0.1) is 18.3 Å². The fourth-order valence-electron chi connectivity index (χ4n) is 5.24. The molecule has 0 amide bonds. The molecule has 26 heavy (non-hydrogen) atoms. The number of nitrogens with zero attached hydrogens (tertiary/aromatic N) is 1. The van der Waals surface area contributed by atoms with Crippen LogP contribution < -0.4 is 0 Å². The van der Waals surface area contributed by atoms with E-state index in [2.05, 4.69) is 41.5 Å². The van der Waals surface area contributed by atoms with Crippen LogP contribution in [0.2, 0.25) is 0 Å². The van der Waals surface area contributed by atoms with Gasteiger partial charge in [0.2, 0.25) is 0 Å². The smallest absolute Gasteiger partial charge is 0.113 e. The Balaban J connectivity index is 2.13. The van der Waals surface area contributed by atoms with Crippen LogP contribution in [0.25, 0.3) is 0 Å². The van der Waals surface area contributed by atoms with Crippen molar-refractivity contribution in [2.45, 2.75) is 110 Å². The minimum absolute atomic E-state index is 0.0484. The Morgan fingerprint density at radius 2 is 1.46 bits per heavy atom. The Bertz CT molecular complexity index is 410. The molecule has 0 aromatic heterocycles. The summed E-state index contributed by atoms with van der Waals surface area (Å²) in [5, 5.41) is 32.5. The van der Waals surface area contributed by atoms with Crippen molar-refractivity contribution in [1.29, 1.82) is 0 Å². The van der Waals surface area contributed by atoms with E-state index in [0.29, 0.717) is 24.7 Å². The Labute approximate surface area is 159 Å². The lowest BCUT2D eigenvalue weighted by Crippen LogP contribution is -2.52. The van der Waals surface area contributed by atoms with E-state index in [-0.39, 0.29) is 30.1 Å². The summed E-state index contributed by atoms with van der Waals surface area (Å²) in [6, 6.07) is 0.0484. The second kappa shape index (κ2) is 9.33. The molecule has 8 unspecified atom stereocenters. The monoisotopic (exact) mass is 371 g/mol. The van der Waals surface area contributed by atoms with Gasteiger partial charge in [-0.25, -0.2) is 4.90 Å². The third kappa shape index (κ3) is 4.61. The van der Waals surface area contributed by atoms with E-state index in [1.54, 1.807) is 0 Å². The Kier molecular flexibility index (Phi) is 7.93. The van der Waals surface area contributed by atoms with E-state index >= 15 is 0 Å². The van der Waals surface area contributed by atoms with Crippen molar-refractivity contribution in [2.24, 2.45) is 23.7 Å². The number of aliphatic hydroxyl groups is 3. The van der Waals surface area contributed by atoms with Crippen LogP contribution in [0.1, 0.15) is 73.6 Å². The zero-order valence-electron chi connectivity index (χ0n) is 17.5. The van der Waals surface area contributed by atoms with Crippen molar-refractivity contribution < 1.29 is 20.1 Å². The van der Waals surface area contributed by atoms with Crippen molar-refractivity contribution in [1.82, 2.24) is 4.90 Å². The lowest BCUT2D eigenvalue weighted by atomic mass is 9.78. The summed E-state index contributed by atoms with van der Waals surface area (Å²) in [6.07, 6.45) is 2.33. The quantitative estimate of drug-likeness (QED) is 0.642. The molecule has 0 aromatic carbocycles. The van der Waals surface area contributed by atoms with E-state index in [9.17, 15) is 15.3 Å². The first kappa shape index (κ1) is 22.1. The van der Waals surface area contributed by atoms with Gasteiger partial charge < -0.3 is 20.1 Å². The summed E-state index contributed by atoms with van der Waals surface area (Å²) in [5.41, 5.74) is 0. The van der Waals surface area contributed by atoms with Crippen LogP contribution >= 0.6 is 0 Å². The molecule has 2 aliphatic rings. The third-order valence-corrected chi connectivity index (χ3v) is 6.54. The van der Waals surface area contributed by atoms with E-state index in [1.165, 1.54) is 0 Å². The number of hydrogen-bond donors (Lipinski definition) is 3. The van der Waals surface area contributed by atoms with Crippen molar-refractivity contribution in [3.05, 3.63) is 0 Å². The molecule has 1 aliphatic heterocycles. The first-order chi connectivity index (χ1) is 12.2. The molecule has 1 saturated heterocycles. The molecule has 1 heterocycles. The van der Waals surface area contributed by atoms with Crippen LogP contribution in [-0.2, 0) is 4.74 Å². The lowest BCUT2D eigenvalue weighted by molar-refractivity contribution is -0.146. The average Bonchev–Trinajstić information content (AvgIpc) is 2.81. The lowest BCUT2D eigenvalue weighted by Gasteiger charge is -2.41. The first-order valence-electron chi connectivity index (χ1n) is 10.7. The summed E-state index contributed by atoms with van der Waals surface area (Å²) in [5.74, 6) is 0.746. The first-order valence-corrected chi connectivity index (χ1v) is 10.7. The number of aliphatic hydroxyl groups excluding tert-OH is 3. The molecule has 2 rings (SSSR count). The molecule has 5 nitrogen and oxygen atoms in total. The van der Waals surface area contributed by atoms with Gasteiger partial charge in [-0.1, -0.05) is 41.0 Å². The predicted octanol–water partition coefficient (Wildman–Crippen LogP) is 2.97. The van der Waals surface area contributed by atoms with Crippen LogP contribution in [0.4, 0.5) is 0 Å². The third-order valence-electron chi connectivity index (χ3n) is 6.54. The Morgan fingerprint density at radius 3 is 1.92 bits per heavy atom. The molecular weight excluding hydrogens is 330 g/mol. The van der Waals surface area contributed by atoms with E-state index in [1.807, 2.05) is 4.90 Å². The highest BCUT2D eigenvalue weighted by molar-refractivity contribution is 4.98. The Hall–Kier alpha value is -0.200. The molecule has 3 N–H and O–H groups in total. The molecule has 0 spiro atoms. The zero-order valence-corrected chi connectivity index (χ0v) is 17.5. The number of rotatable bonds is 7. The van der Waals surface area contributed by atoms with Gasteiger partial charge in [0.1, 0.15) is 12.5 Å². The zero-order chi connectivity index (χ0) is 19.6. The molecule has 1 aliphatic carbocycles. The van der Waals surface area contributed by atoms with Gasteiger partial charge in [0, 0.05) is 17.9 Å². The summed E-state index contributed by atoms with van der Waals surface area (Å²) >= 11 is 0. The van der Waals surface area contributed by atoms with Crippen molar-refractivity contribution >= 4 is 0 Å². The van der Waals surface area contributed by atoms with Gasteiger partial charge in [0.15, 0.2) is 0 Å². The van der Waals surface area contributed by atoms with Gasteiger partial charge in [-0.15, -0.1) is 0 Å². The number of ether oxygens (including phenoxy) is 1. The standard InChI is InChI=1S/C21H41NO4/c1-7-8-14(6)26-17-11-15(9-10-16(17)23)22-20(24)18(12(2)3)19(13(4)5)21(22)25/h12-21,23-25H,7-11H2,1-6H3. The molecule has 0 bridgehead atoms. The largest absolute Gasteiger partial charge is 0.390 e. The highest BCUT2D eigenvalue weighted by Gasteiger charge is 2.52. The summed E-state index contributed by atoms with van der Waals surface area (Å²) in [7, 11) is 0. The van der Waals surface area contributed by atoms with Gasteiger partial charge in [0.25, 0.3) is 0 Å². The molecule has 2 fully saturated rings. The van der Waals surface area contributed by atoms with Gasteiger partial charge >= 0.3 is 0 Å². The van der Waals surface area contributed by atoms with E-state index in [0.717, 1.165) is 19.3 Å². The van der Waals surface area contributed by atoms with Crippen LogP contribution in [0.15, 0.2) is 0 Å². The van der Waals surface area contributed by atoms with E-state index < -0.39 is 18.6 Å². The van der Waals surface area contributed by atoms with Crippen LogP contribution in [0.3, 0.4) is 0 Å².